The first-order valence-electron chi connectivity index (χ1n) is 10.6. The average Bonchev–Trinajstić information content (AvgIpc) is 3.27. The van der Waals surface area contributed by atoms with E-state index in [0.717, 1.165) is 0 Å². The number of nitro benzene ring substituents is 1. The summed E-state index contributed by atoms with van der Waals surface area (Å²) in [4.78, 5) is 33.0. The van der Waals surface area contributed by atoms with Gasteiger partial charge >= 0.3 is 5.97 Å². The van der Waals surface area contributed by atoms with E-state index in [4.69, 9.17) is 4.74 Å². The van der Waals surface area contributed by atoms with Crippen LogP contribution < -0.4 is 4.90 Å². The van der Waals surface area contributed by atoms with Gasteiger partial charge in [-0.05, 0) is 26.0 Å². The molecule has 0 N–H and O–H groups in total. The molecule has 0 atom stereocenters. The number of piperazine rings is 1. The largest absolute Gasteiger partial charge is 0.466 e. The number of carbonyl (C=O) groups excluding carboxylic acids is 1. The van der Waals surface area contributed by atoms with Crippen molar-refractivity contribution in [2.45, 2.75) is 25.2 Å². The van der Waals surface area contributed by atoms with Gasteiger partial charge < -0.3 is 9.64 Å². The quantitative estimate of drug-likeness (QED) is 0.266. The fraction of sp³-hybridized carbons (Fsp3) is 0.400. The fourth-order valence-electron chi connectivity index (χ4n) is 3.89. The molecule has 13 nitrogen and oxygen atoms in total. The summed E-state index contributed by atoms with van der Waals surface area (Å²) in [6.07, 6.45) is 1.37. The summed E-state index contributed by atoms with van der Waals surface area (Å²) in [5.74, 6) is 0.606. The fourth-order valence-corrected chi connectivity index (χ4v) is 5.31. The van der Waals surface area contributed by atoms with Gasteiger partial charge in [0.2, 0.25) is 10.0 Å². The molecule has 3 aromatic rings. The molecule has 1 fully saturated rings. The van der Waals surface area contributed by atoms with Crippen LogP contribution in [0.25, 0.3) is 5.78 Å². The first-order chi connectivity index (χ1) is 16.2. The minimum Gasteiger partial charge on any atom is -0.466 e. The summed E-state index contributed by atoms with van der Waals surface area (Å²) in [7, 11) is -3.82. The van der Waals surface area contributed by atoms with Gasteiger partial charge in [-0.25, -0.2) is 13.4 Å². The van der Waals surface area contributed by atoms with E-state index in [0.29, 0.717) is 35.9 Å². The summed E-state index contributed by atoms with van der Waals surface area (Å²) < 4.78 is 34.1. The Hall–Kier alpha value is -3.65. The Labute approximate surface area is 195 Å². The van der Waals surface area contributed by atoms with E-state index in [9.17, 15) is 23.3 Å². The molecule has 1 aromatic carbocycles. The summed E-state index contributed by atoms with van der Waals surface area (Å²) in [6, 6.07) is 4.82. The second-order valence-electron chi connectivity index (χ2n) is 7.60. The molecule has 3 heterocycles. The van der Waals surface area contributed by atoms with E-state index < -0.39 is 20.9 Å². The molecule has 1 aliphatic rings. The Morgan fingerprint density at radius 3 is 2.47 bits per heavy atom. The highest BCUT2D eigenvalue weighted by Crippen LogP contribution is 2.27. The standard InChI is InChI=1S/C20H23N7O6S/c1-3-33-18(28)12-17-14(2)23-20-21-13-22-26(20)19(17)24-8-10-25(11-9-24)34(31,32)16-6-4-15(5-7-16)27(29)30/h4-7,13H,3,8-12H2,1-2H3. The Morgan fingerprint density at radius 2 is 1.85 bits per heavy atom. The van der Waals surface area contributed by atoms with Crippen LogP contribution in [-0.2, 0) is 26.0 Å². The minimum atomic E-state index is -3.82. The number of nitrogens with zero attached hydrogens (tertiary/aromatic N) is 7. The normalized spacial score (nSPS) is 14.9. The number of carbonyl (C=O) groups is 1. The third-order valence-electron chi connectivity index (χ3n) is 5.55. The number of ether oxygens (including phenoxy) is 1. The first-order valence-corrected chi connectivity index (χ1v) is 12.0. The lowest BCUT2D eigenvalue weighted by atomic mass is 10.1. The Morgan fingerprint density at radius 1 is 1.18 bits per heavy atom. The molecule has 0 aliphatic carbocycles. The predicted molar refractivity (Wildman–Crippen MR) is 120 cm³/mol. The first kappa shape index (κ1) is 23.5. The van der Waals surface area contributed by atoms with Crippen molar-refractivity contribution in [3.63, 3.8) is 0 Å². The van der Waals surface area contributed by atoms with E-state index in [2.05, 4.69) is 15.1 Å². The molecular formula is C20H23N7O6S. The summed E-state index contributed by atoms with van der Waals surface area (Å²) in [5, 5.41) is 15.1. The number of sulfonamides is 1. The molecule has 2 aromatic heterocycles. The highest BCUT2D eigenvalue weighted by atomic mass is 32.2. The van der Waals surface area contributed by atoms with Crippen molar-refractivity contribution in [3.05, 3.63) is 52.0 Å². The van der Waals surface area contributed by atoms with Crippen molar-refractivity contribution in [1.29, 1.82) is 0 Å². The van der Waals surface area contributed by atoms with Gasteiger partial charge in [-0.3, -0.25) is 14.9 Å². The number of nitro groups is 1. The van der Waals surface area contributed by atoms with E-state index in [1.165, 1.54) is 34.9 Å². The monoisotopic (exact) mass is 489 g/mol. The molecule has 0 bridgehead atoms. The van der Waals surface area contributed by atoms with Crippen molar-refractivity contribution >= 4 is 33.3 Å². The van der Waals surface area contributed by atoms with Crippen LogP contribution in [0.5, 0.6) is 0 Å². The number of aryl methyl sites for hydroxylation is 1. The second kappa shape index (κ2) is 9.30. The Bertz CT molecular complexity index is 1330. The third kappa shape index (κ3) is 4.41. The molecule has 0 amide bonds. The number of rotatable bonds is 7. The Kier molecular flexibility index (Phi) is 6.43. The van der Waals surface area contributed by atoms with Gasteiger partial charge in [0.1, 0.15) is 12.1 Å². The number of hydrogen-bond donors (Lipinski definition) is 0. The van der Waals surface area contributed by atoms with Crippen molar-refractivity contribution in [3.8, 4) is 0 Å². The number of aromatic nitrogens is 4. The third-order valence-corrected chi connectivity index (χ3v) is 7.47. The Balaban J connectivity index is 1.59. The van der Waals surface area contributed by atoms with Crippen LogP contribution in [0, 0.1) is 17.0 Å². The maximum atomic E-state index is 13.1. The van der Waals surface area contributed by atoms with E-state index in [-0.39, 0.29) is 36.7 Å². The molecule has 1 saturated heterocycles. The van der Waals surface area contributed by atoms with Crippen molar-refractivity contribution in [2.75, 3.05) is 37.7 Å². The highest BCUT2D eigenvalue weighted by molar-refractivity contribution is 7.89. The van der Waals surface area contributed by atoms with E-state index in [1.54, 1.807) is 18.4 Å². The van der Waals surface area contributed by atoms with E-state index >= 15 is 0 Å². The molecule has 14 heteroatoms. The predicted octanol–water partition coefficient (Wildman–Crippen LogP) is 0.957. The van der Waals surface area contributed by atoms with Gasteiger partial charge in [-0.15, -0.1) is 0 Å². The van der Waals surface area contributed by atoms with Crippen LogP contribution in [0.3, 0.4) is 0 Å². The van der Waals surface area contributed by atoms with Crippen LogP contribution in [0.2, 0.25) is 0 Å². The van der Waals surface area contributed by atoms with Crippen molar-refractivity contribution < 1.29 is 22.9 Å². The number of hydrogen-bond acceptors (Lipinski definition) is 10. The van der Waals surface area contributed by atoms with Gasteiger partial charge in [0.05, 0.1) is 22.8 Å². The molecule has 4 rings (SSSR count). The van der Waals surface area contributed by atoms with Gasteiger partial charge in [0.25, 0.3) is 11.5 Å². The maximum absolute atomic E-state index is 13.1. The van der Waals surface area contributed by atoms with Crippen molar-refractivity contribution in [2.24, 2.45) is 0 Å². The van der Waals surface area contributed by atoms with Crippen molar-refractivity contribution in [1.82, 2.24) is 23.9 Å². The number of esters is 1. The van der Waals surface area contributed by atoms with Crippen LogP contribution in [0.15, 0.2) is 35.5 Å². The van der Waals surface area contributed by atoms with E-state index in [1.807, 2.05) is 4.90 Å². The average molecular weight is 490 g/mol. The SMILES string of the molecule is CCOC(=O)Cc1c(C)nc2ncnn2c1N1CCN(S(=O)(=O)c2ccc([N+](=O)[O-])cc2)CC1. The maximum Gasteiger partial charge on any atom is 0.310 e. The second-order valence-corrected chi connectivity index (χ2v) is 9.53. The highest BCUT2D eigenvalue weighted by Gasteiger charge is 2.31. The minimum absolute atomic E-state index is 0.000878. The zero-order valence-corrected chi connectivity index (χ0v) is 19.4. The molecule has 180 valence electrons. The number of anilines is 1. The number of fused-ring (bicyclic) bond motifs is 1. The molecule has 0 radical (unpaired) electrons. The lowest BCUT2D eigenvalue weighted by Crippen LogP contribution is -2.49. The summed E-state index contributed by atoms with van der Waals surface area (Å²) in [6.45, 7) is 4.79. The molecule has 0 spiro atoms. The topological polar surface area (TPSA) is 153 Å². The van der Waals surface area contributed by atoms with Gasteiger partial charge in [-0.2, -0.15) is 18.9 Å². The number of non-ortho nitro benzene ring substituents is 1. The summed E-state index contributed by atoms with van der Waals surface area (Å²) in [5.41, 5.74) is 1.08. The lowest BCUT2D eigenvalue weighted by Gasteiger charge is -2.36. The number of benzene rings is 1. The molecular weight excluding hydrogens is 466 g/mol. The molecule has 0 saturated carbocycles. The summed E-state index contributed by atoms with van der Waals surface area (Å²) >= 11 is 0. The lowest BCUT2D eigenvalue weighted by molar-refractivity contribution is -0.384. The van der Waals surface area contributed by atoms with Gasteiger partial charge in [0.15, 0.2) is 0 Å². The van der Waals surface area contributed by atoms with Gasteiger partial charge in [-0.1, -0.05) is 0 Å². The van der Waals surface area contributed by atoms with Crippen LogP contribution in [-0.4, -0.2) is 76.0 Å². The molecule has 34 heavy (non-hydrogen) atoms. The van der Waals surface area contributed by atoms with Crippen LogP contribution in [0.1, 0.15) is 18.2 Å². The van der Waals surface area contributed by atoms with Gasteiger partial charge in [0, 0.05) is 49.6 Å². The zero-order chi connectivity index (χ0) is 24.5. The molecule has 0 unspecified atom stereocenters. The zero-order valence-electron chi connectivity index (χ0n) is 18.6. The van der Waals surface area contributed by atoms with Crippen LogP contribution >= 0.6 is 0 Å². The van der Waals surface area contributed by atoms with Crippen LogP contribution in [0.4, 0.5) is 11.5 Å². The molecule has 1 aliphatic heterocycles. The smallest absolute Gasteiger partial charge is 0.310 e.